The van der Waals surface area contributed by atoms with Crippen molar-refractivity contribution in [3.8, 4) is 6.07 Å². The number of thioether (sulfide) groups is 1. The number of rotatable bonds is 4. The highest BCUT2D eigenvalue weighted by atomic mass is 32.2. The van der Waals surface area contributed by atoms with E-state index in [1.54, 1.807) is 23.5 Å². The van der Waals surface area contributed by atoms with Crippen LogP contribution in [0.3, 0.4) is 0 Å². The predicted octanol–water partition coefficient (Wildman–Crippen LogP) is 5.35. The van der Waals surface area contributed by atoms with Crippen LogP contribution >= 0.6 is 23.5 Å². The highest BCUT2D eigenvalue weighted by molar-refractivity contribution is 8.11. The van der Waals surface area contributed by atoms with Gasteiger partial charge in [0, 0.05) is 9.79 Å². The van der Waals surface area contributed by atoms with E-state index in [-0.39, 0.29) is 0 Å². The molecule has 21 heavy (non-hydrogen) atoms. The quantitative estimate of drug-likeness (QED) is 0.564. The summed E-state index contributed by atoms with van der Waals surface area (Å²) in [4.78, 5) is 6.80. The van der Waals surface area contributed by atoms with Crippen molar-refractivity contribution in [3.63, 3.8) is 0 Å². The van der Waals surface area contributed by atoms with E-state index in [1.165, 1.54) is 16.0 Å². The second-order valence-electron chi connectivity index (χ2n) is 4.62. The van der Waals surface area contributed by atoms with E-state index in [2.05, 4.69) is 37.0 Å². The SMILES string of the molecule is CSC=Nc1cc(C)c(Sc2ccc(C#N)cc2)c(C)c1. The van der Waals surface area contributed by atoms with Gasteiger partial charge >= 0.3 is 0 Å². The minimum Gasteiger partial charge on any atom is -0.250 e. The van der Waals surface area contributed by atoms with E-state index in [4.69, 9.17) is 5.26 Å². The van der Waals surface area contributed by atoms with Gasteiger partial charge < -0.3 is 0 Å². The summed E-state index contributed by atoms with van der Waals surface area (Å²) in [5, 5.41) is 8.84. The lowest BCUT2D eigenvalue weighted by Gasteiger charge is -2.10. The van der Waals surface area contributed by atoms with Crippen molar-refractivity contribution < 1.29 is 0 Å². The molecule has 2 nitrogen and oxygen atoms in total. The Hall–Kier alpha value is -1.70. The van der Waals surface area contributed by atoms with Gasteiger partial charge in [-0.3, -0.25) is 4.99 Å². The van der Waals surface area contributed by atoms with E-state index >= 15 is 0 Å². The second-order valence-corrected chi connectivity index (χ2v) is 6.38. The maximum absolute atomic E-state index is 8.84. The monoisotopic (exact) mass is 312 g/mol. The third-order valence-corrected chi connectivity index (χ3v) is 4.63. The van der Waals surface area contributed by atoms with Crippen molar-refractivity contribution in [1.82, 2.24) is 0 Å². The van der Waals surface area contributed by atoms with Crippen LogP contribution in [0.5, 0.6) is 0 Å². The van der Waals surface area contributed by atoms with E-state index in [1.807, 2.05) is 36.1 Å². The molecule has 0 aliphatic rings. The van der Waals surface area contributed by atoms with Crippen molar-refractivity contribution in [1.29, 1.82) is 5.26 Å². The normalized spacial score (nSPS) is 10.8. The lowest BCUT2D eigenvalue weighted by molar-refractivity contribution is 1.21. The van der Waals surface area contributed by atoms with Gasteiger partial charge in [-0.1, -0.05) is 11.8 Å². The number of aryl methyl sites for hydroxylation is 2. The summed E-state index contributed by atoms with van der Waals surface area (Å²) in [6.45, 7) is 4.22. The number of hydrogen-bond donors (Lipinski definition) is 0. The van der Waals surface area contributed by atoms with Crippen molar-refractivity contribution in [2.75, 3.05) is 6.26 Å². The van der Waals surface area contributed by atoms with Crippen LogP contribution in [0.25, 0.3) is 0 Å². The molecule has 0 N–H and O–H groups in total. The Morgan fingerprint density at radius 3 is 2.24 bits per heavy atom. The summed E-state index contributed by atoms with van der Waals surface area (Å²) in [6.07, 6.45) is 2.00. The van der Waals surface area contributed by atoms with Crippen molar-refractivity contribution in [2.24, 2.45) is 4.99 Å². The predicted molar refractivity (Wildman–Crippen MR) is 92.9 cm³/mol. The van der Waals surface area contributed by atoms with E-state index < -0.39 is 0 Å². The molecular weight excluding hydrogens is 296 g/mol. The Kier molecular flexibility index (Phi) is 5.49. The Balaban J connectivity index is 2.27. The van der Waals surface area contributed by atoms with Crippen molar-refractivity contribution >= 4 is 34.8 Å². The topological polar surface area (TPSA) is 36.1 Å². The Morgan fingerprint density at radius 2 is 1.71 bits per heavy atom. The van der Waals surface area contributed by atoms with Gasteiger partial charge in [-0.25, -0.2) is 0 Å². The zero-order valence-electron chi connectivity index (χ0n) is 12.3. The molecule has 0 heterocycles. The van der Waals surface area contributed by atoms with Crippen LogP contribution in [0.1, 0.15) is 16.7 Å². The number of aliphatic imine (C=N–C) groups is 1. The average molecular weight is 312 g/mol. The molecule has 4 heteroatoms. The maximum atomic E-state index is 8.84. The minimum absolute atomic E-state index is 0.689. The van der Waals surface area contributed by atoms with E-state index in [0.717, 1.165) is 10.6 Å². The molecule has 0 amide bonds. The van der Waals surface area contributed by atoms with Gasteiger partial charge in [0.1, 0.15) is 0 Å². The third-order valence-electron chi connectivity index (χ3n) is 2.96. The molecule has 0 saturated heterocycles. The number of hydrogen-bond acceptors (Lipinski definition) is 4. The fourth-order valence-electron chi connectivity index (χ4n) is 1.99. The van der Waals surface area contributed by atoms with Gasteiger partial charge in [-0.2, -0.15) is 5.26 Å². The van der Waals surface area contributed by atoms with Crippen LogP contribution in [0.2, 0.25) is 0 Å². The molecule has 0 fully saturated rings. The molecule has 0 atom stereocenters. The fraction of sp³-hybridized carbons (Fsp3) is 0.176. The summed E-state index contributed by atoms with van der Waals surface area (Å²) >= 11 is 3.32. The van der Waals surface area contributed by atoms with Gasteiger partial charge in [0.2, 0.25) is 0 Å². The first-order valence-corrected chi connectivity index (χ1v) is 8.59. The molecule has 0 unspecified atom stereocenters. The van der Waals surface area contributed by atoms with Gasteiger partial charge in [-0.15, -0.1) is 11.8 Å². The number of benzene rings is 2. The molecule has 0 radical (unpaired) electrons. The van der Waals surface area contributed by atoms with Gasteiger partial charge in [0.25, 0.3) is 0 Å². The first kappa shape index (κ1) is 15.7. The molecule has 106 valence electrons. The second kappa shape index (κ2) is 7.35. The van der Waals surface area contributed by atoms with Gasteiger partial charge in [0.15, 0.2) is 0 Å². The molecule has 2 aromatic rings. The lowest BCUT2D eigenvalue weighted by Crippen LogP contribution is -1.86. The van der Waals surface area contributed by atoms with Crippen LogP contribution < -0.4 is 0 Å². The smallest absolute Gasteiger partial charge is 0.0991 e. The maximum Gasteiger partial charge on any atom is 0.0991 e. The zero-order valence-corrected chi connectivity index (χ0v) is 13.9. The number of nitrogens with zero attached hydrogens (tertiary/aromatic N) is 2. The summed E-state index contributed by atoms with van der Waals surface area (Å²) in [6, 6.07) is 14.0. The molecule has 0 aromatic heterocycles. The van der Waals surface area contributed by atoms with E-state index in [0.29, 0.717) is 5.56 Å². The molecule has 0 spiro atoms. The first-order valence-electron chi connectivity index (χ1n) is 6.48. The van der Waals surface area contributed by atoms with Crippen LogP contribution in [-0.4, -0.2) is 11.8 Å². The van der Waals surface area contributed by atoms with E-state index in [9.17, 15) is 0 Å². The van der Waals surface area contributed by atoms with Gasteiger partial charge in [-0.05, 0) is 67.6 Å². The summed E-state index contributed by atoms with van der Waals surface area (Å²) in [5.74, 6) is 0. The summed E-state index contributed by atoms with van der Waals surface area (Å²) in [7, 11) is 0. The molecule has 0 aliphatic heterocycles. The molecule has 2 aromatic carbocycles. The van der Waals surface area contributed by atoms with Crippen LogP contribution in [0, 0.1) is 25.2 Å². The fourth-order valence-corrected chi connectivity index (χ4v) is 3.17. The standard InChI is InChI=1S/C17H16N2S2/c1-12-8-15(19-11-20-3)9-13(2)17(12)21-16-6-4-14(10-18)5-7-16/h4-9,11H,1-3H3. The molecule has 0 saturated carbocycles. The molecular formula is C17H16N2S2. The Bertz CT molecular complexity index is 675. The van der Waals surface area contributed by atoms with Crippen molar-refractivity contribution in [3.05, 3.63) is 53.1 Å². The van der Waals surface area contributed by atoms with Gasteiger partial charge in [0.05, 0.1) is 22.9 Å². The zero-order chi connectivity index (χ0) is 15.2. The van der Waals surface area contributed by atoms with Crippen molar-refractivity contribution in [2.45, 2.75) is 23.6 Å². The molecule has 2 rings (SSSR count). The summed E-state index contributed by atoms with van der Waals surface area (Å²) < 4.78 is 0. The van der Waals surface area contributed by atoms with Crippen LogP contribution in [0.4, 0.5) is 5.69 Å². The first-order chi connectivity index (χ1) is 10.1. The average Bonchev–Trinajstić information content (AvgIpc) is 2.49. The Labute approximate surface area is 134 Å². The third kappa shape index (κ3) is 4.13. The highest BCUT2D eigenvalue weighted by Gasteiger charge is 2.07. The van der Waals surface area contributed by atoms with Crippen LogP contribution in [0.15, 0.2) is 51.2 Å². The van der Waals surface area contributed by atoms with Crippen LogP contribution in [-0.2, 0) is 0 Å². The molecule has 0 aliphatic carbocycles. The minimum atomic E-state index is 0.689. The highest BCUT2D eigenvalue weighted by Crippen LogP contribution is 2.35. The number of nitriles is 1. The largest absolute Gasteiger partial charge is 0.250 e. The lowest BCUT2D eigenvalue weighted by atomic mass is 10.1. The molecule has 0 bridgehead atoms. The Morgan fingerprint density at radius 1 is 1.10 bits per heavy atom. The summed E-state index contributed by atoms with van der Waals surface area (Å²) in [5.41, 5.74) is 5.97.